The molecule has 2 rings (SSSR count). The van der Waals surface area contributed by atoms with Crippen molar-refractivity contribution in [3.05, 3.63) is 48.6 Å². The van der Waals surface area contributed by atoms with E-state index in [2.05, 4.69) is 48.6 Å². The van der Waals surface area contributed by atoms with Crippen LogP contribution >= 0.6 is 0 Å². The summed E-state index contributed by atoms with van der Waals surface area (Å²) in [6, 6.07) is 0. The van der Waals surface area contributed by atoms with Crippen LogP contribution in [0.4, 0.5) is 0 Å². The van der Waals surface area contributed by atoms with E-state index in [1.54, 1.807) is 0 Å². The Labute approximate surface area is 145 Å². The van der Waals surface area contributed by atoms with Crippen molar-refractivity contribution in [1.82, 2.24) is 0 Å². The molecule has 0 aromatic heterocycles. The molecule has 0 atom stereocenters. The Bertz CT molecular complexity index is 222. The summed E-state index contributed by atoms with van der Waals surface area (Å²) in [5, 5.41) is 0. The van der Waals surface area contributed by atoms with Crippen molar-refractivity contribution in [3.8, 4) is 0 Å². The molecule has 2 aliphatic carbocycles. The molecule has 0 amide bonds. The minimum Gasteiger partial charge on any atom is -0.501 e. The molecule has 0 aliphatic heterocycles. The summed E-state index contributed by atoms with van der Waals surface area (Å²) in [6.45, 7) is 0. The van der Waals surface area contributed by atoms with Gasteiger partial charge in [-0.3, -0.25) is 24.3 Å². The van der Waals surface area contributed by atoms with E-state index in [0.29, 0.717) is 0 Å². The maximum Gasteiger partial charge on any atom is 0 e. The minimum absolute atomic E-state index is 0. The summed E-state index contributed by atoms with van der Waals surface area (Å²) in [7, 11) is 0. The van der Waals surface area contributed by atoms with E-state index >= 15 is 0 Å². The predicted octanol–water partition coefficient (Wildman–Crippen LogP) is 6.12. The first-order valence-corrected chi connectivity index (χ1v) is 8.20. The predicted molar refractivity (Wildman–Crippen MR) is 86.7 cm³/mol. The first-order chi connectivity index (χ1) is 10.0. The molecule has 0 aromatic carbocycles. The van der Waals surface area contributed by atoms with Gasteiger partial charge in [-0.15, -0.1) is 0 Å². The van der Waals surface area contributed by atoms with Gasteiger partial charge in [0.1, 0.15) is 0 Å². The van der Waals surface area contributed by atoms with Crippen LogP contribution in [-0.4, -0.2) is 0 Å². The number of hydrogen-bond donors (Lipinski definition) is 0. The molecule has 21 heavy (non-hydrogen) atoms. The molecule has 1 heteroatoms. The third-order valence-electron chi connectivity index (χ3n) is 3.26. The van der Waals surface area contributed by atoms with E-state index < -0.39 is 0 Å². The molecule has 0 nitrogen and oxygen atoms in total. The van der Waals surface area contributed by atoms with Gasteiger partial charge in [-0.1, -0.05) is 51.4 Å². The summed E-state index contributed by atoms with van der Waals surface area (Å²) in [5.74, 6) is 0. The molecule has 121 valence electrons. The first-order valence-electron chi connectivity index (χ1n) is 8.20. The Kier molecular flexibility index (Phi) is 17.3. The Hall–Kier alpha value is -0.417. The zero-order chi connectivity index (χ0) is 14.1. The van der Waals surface area contributed by atoms with Crippen LogP contribution < -0.4 is 0 Å². The van der Waals surface area contributed by atoms with Crippen LogP contribution in [0.2, 0.25) is 0 Å². The smallest absolute Gasteiger partial charge is 0 e. The van der Waals surface area contributed by atoms with Crippen molar-refractivity contribution in [2.45, 2.75) is 77.0 Å². The van der Waals surface area contributed by atoms with Crippen molar-refractivity contribution >= 4 is 0 Å². The second-order valence-electron chi connectivity index (χ2n) is 5.20. The molecule has 0 saturated heterocycles. The molecule has 0 fully saturated rings. The fourth-order valence-corrected chi connectivity index (χ4v) is 2.04. The van der Waals surface area contributed by atoms with Crippen LogP contribution in [-0.2, 0) is 19.5 Å². The molecular weight excluding hydrogens is 343 g/mol. The maximum absolute atomic E-state index is 3.28. The second-order valence-corrected chi connectivity index (χ2v) is 5.20. The largest absolute Gasteiger partial charge is 0.501 e. The van der Waals surface area contributed by atoms with Crippen molar-refractivity contribution in [2.24, 2.45) is 0 Å². The molecule has 0 bridgehead atoms. The average Bonchev–Trinajstić information content (AvgIpc) is 2.52. The Balaban J connectivity index is 0.000000364. The fraction of sp³-hybridized carbons (Fsp3) is 0.600. The standard InChI is InChI=1S/2C10H14.Rh/c2*1-2-4-6-8-10-9-7-5-3-1;/h2*1,10H,2,4-7,9H2;/q2*-2;. The van der Waals surface area contributed by atoms with Gasteiger partial charge in [0, 0.05) is 19.5 Å². The van der Waals surface area contributed by atoms with Gasteiger partial charge in [-0.2, -0.15) is 25.7 Å². The maximum atomic E-state index is 3.28. The molecule has 0 saturated carbocycles. The Morgan fingerprint density at radius 2 is 0.667 bits per heavy atom. The third-order valence-corrected chi connectivity index (χ3v) is 3.26. The van der Waals surface area contributed by atoms with Crippen LogP contribution in [0.3, 0.4) is 0 Å². The van der Waals surface area contributed by atoms with E-state index in [-0.39, 0.29) is 19.5 Å². The van der Waals surface area contributed by atoms with Crippen LogP contribution in [0.5, 0.6) is 0 Å². The Morgan fingerprint density at radius 3 is 0.905 bits per heavy atom. The molecule has 0 heterocycles. The number of rotatable bonds is 0. The number of allylic oxidation sites excluding steroid dienone is 8. The molecule has 0 unspecified atom stereocenters. The number of hydrogen-bond acceptors (Lipinski definition) is 0. The summed E-state index contributed by atoms with van der Waals surface area (Å²) in [5.41, 5.74) is 0. The Morgan fingerprint density at radius 1 is 0.429 bits per heavy atom. The zero-order valence-electron chi connectivity index (χ0n) is 13.1. The summed E-state index contributed by atoms with van der Waals surface area (Å²) in [4.78, 5) is 0. The van der Waals surface area contributed by atoms with Crippen molar-refractivity contribution in [2.75, 3.05) is 0 Å². The van der Waals surface area contributed by atoms with Gasteiger partial charge < -0.3 is 24.3 Å². The van der Waals surface area contributed by atoms with Gasteiger partial charge in [0.25, 0.3) is 0 Å². The van der Waals surface area contributed by atoms with Gasteiger partial charge in [0.15, 0.2) is 0 Å². The quantitative estimate of drug-likeness (QED) is 0.356. The molecular formula is C20H28Rh-4. The van der Waals surface area contributed by atoms with Gasteiger partial charge in [0.2, 0.25) is 0 Å². The first kappa shape index (κ1) is 20.6. The fourth-order valence-electron chi connectivity index (χ4n) is 2.04. The van der Waals surface area contributed by atoms with Gasteiger partial charge in [-0.05, 0) is 0 Å². The summed E-state index contributed by atoms with van der Waals surface area (Å²) >= 11 is 0. The van der Waals surface area contributed by atoms with Gasteiger partial charge in [0.05, 0.1) is 0 Å². The molecule has 0 N–H and O–H groups in total. The molecule has 1 radical (unpaired) electrons. The van der Waals surface area contributed by atoms with E-state index in [1.165, 1.54) is 51.4 Å². The SMILES string of the molecule is [C-]1=CCCC[C-]=CCCC1.[C-]1=CCCC[C-]=CCCC1.[Rh]. The third kappa shape index (κ3) is 15.8. The van der Waals surface area contributed by atoms with Crippen LogP contribution in [0.15, 0.2) is 24.3 Å². The van der Waals surface area contributed by atoms with Crippen LogP contribution in [0, 0.1) is 24.3 Å². The van der Waals surface area contributed by atoms with E-state index in [0.717, 1.165) is 25.7 Å². The average molecular weight is 371 g/mol. The topological polar surface area (TPSA) is 0 Å². The normalized spacial score (nSPS) is 19.8. The van der Waals surface area contributed by atoms with Crippen molar-refractivity contribution in [3.63, 3.8) is 0 Å². The molecule has 0 spiro atoms. The minimum atomic E-state index is 0. The monoisotopic (exact) mass is 371 g/mol. The molecule has 0 aromatic rings. The van der Waals surface area contributed by atoms with Crippen LogP contribution in [0.1, 0.15) is 77.0 Å². The summed E-state index contributed by atoms with van der Waals surface area (Å²) < 4.78 is 0. The van der Waals surface area contributed by atoms with Crippen LogP contribution in [0.25, 0.3) is 0 Å². The van der Waals surface area contributed by atoms with Gasteiger partial charge >= 0.3 is 0 Å². The van der Waals surface area contributed by atoms with Crippen molar-refractivity contribution in [1.29, 1.82) is 0 Å². The van der Waals surface area contributed by atoms with Crippen molar-refractivity contribution < 1.29 is 19.5 Å². The van der Waals surface area contributed by atoms with Gasteiger partial charge in [-0.25, -0.2) is 0 Å². The van der Waals surface area contributed by atoms with E-state index in [1.807, 2.05) is 0 Å². The second kappa shape index (κ2) is 17.6. The van der Waals surface area contributed by atoms with E-state index in [9.17, 15) is 0 Å². The van der Waals surface area contributed by atoms with E-state index in [4.69, 9.17) is 0 Å². The zero-order valence-corrected chi connectivity index (χ0v) is 14.8. The molecule has 2 aliphatic rings. The summed E-state index contributed by atoms with van der Waals surface area (Å²) in [6.07, 6.45) is 36.0.